The van der Waals surface area contributed by atoms with Gasteiger partial charge in [-0.1, -0.05) is 12.1 Å². The van der Waals surface area contributed by atoms with Gasteiger partial charge in [-0.25, -0.2) is 28.4 Å². The first kappa shape index (κ1) is 21.6. The zero-order valence-corrected chi connectivity index (χ0v) is 19.2. The smallest absolute Gasteiger partial charge is 0.165 e. The number of nitrogens with zero attached hydrogens (tertiary/aromatic N) is 6. The number of fused-ring (bicyclic) bond motifs is 3. The van der Waals surface area contributed by atoms with E-state index in [1.807, 2.05) is 11.6 Å². The van der Waals surface area contributed by atoms with E-state index in [9.17, 15) is 8.78 Å². The summed E-state index contributed by atoms with van der Waals surface area (Å²) in [5, 5.41) is 4.79. The molecule has 4 heterocycles. The number of aryl methyl sites for hydroxylation is 2. The number of halogens is 2. The summed E-state index contributed by atoms with van der Waals surface area (Å²) in [5.41, 5.74) is 1.16. The molecule has 1 aromatic carbocycles. The van der Waals surface area contributed by atoms with E-state index < -0.39 is 17.7 Å². The lowest BCUT2D eigenvalue weighted by molar-refractivity contribution is 0.0781. The quantitative estimate of drug-likeness (QED) is 0.582. The van der Waals surface area contributed by atoms with Crippen molar-refractivity contribution in [2.24, 2.45) is 17.8 Å². The first-order valence-electron chi connectivity index (χ1n) is 12.1. The molecule has 1 saturated heterocycles. The van der Waals surface area contributed by atoms with Crippen molar-refractivity contribution in [2.75, 3.05) is 24.6 Å². The van der Waals surface area contributed by atoms with Gasteiger partial charge in [-0.05, 0) is 50.0 Å². The summed E-state index contributed by atoms with van der Waals surface area (Å²) in [6, 6.07) is 6.25. The Balaban J connectivity index is 1.23. The molecular formula is C25H28F2N6O. The minimum Gasteiger partial charge on any atom is -0.365 e. The molecule has 7 nitrogen and oxygen atoms in total. The number of ether oxygens (including phenoxy) is 1. The molecule has 178 valence electrons. The first-order chi connectivity index (χ1) is 16.6. The largest absolute Gasteiger partial charge is 0.365 e. The SMILES string of the molecule is Cc1cc(N2C[C@H]3CC[C@@H](C2)C3Cc2nc3n(n2)CCCO[C@H]3c2cccc(F)c2F)ncn1. The molecule has 2 bridgehead atoms. The summed E-state index contributed by atoms with van der Waals surface area (Å²) in [4.78, 5) is 15.9. The molecular weight excluding hydrogens is 438 g/mol. The fourth-order valence-electron chi connectivity index (χ4n) is 5.97. The summed E-state index contributed by atoms with van der Waals surface area (Å²) in [6.07, 6.45) is 4.84. The van der Waals surface area contributed by atoms with Gasteiger partial charge in [0.15, 0.2) is 23.3 Å². The van der Waals surface area contributed by atoms with Gasteiger partial charge < -0.3 is 9.64 Å². The number of benzene rings is 1. The predicted molar refractivity (Wildman–Crippen MR) is 121 cm³/mol. The Labute approximate surface area is 197 Å². The van der Waals surface area contributed by atoms with Crippen molar-refractivity contribution in [1.29, 1.82) is 0 Å². The molecule has 2 fully saturated rings. The lowest BCUT2D eigenvalue weighted by Crippen LogP contribution is -2.43. The van der Waals surface area contributed by atoms with E-state index in [0.717, 1.165) is 49.3 Å². The van der Waals surface area contributed by atoms with Gasteiger partial charge in [-0.3, -0.25) is 0 Å². The van der Waals surface area contributed by atoms with Crippen molar-refractivity contribution >= 4 is 5.82 Å². The monoisotopic (exact) mass is 466 g/mol. The van der Waals surface area contributed by atoms with Gasteiger partial charge in [0.05, 0.1) is 0 Å². The van der Waals surface area contributed by atoms with Gasteiger partial charge in [0.2, 0.25) is 0 Å². The number of rotatable bonds is 4. The van der Waals surface area contributed by atoms with E-state index in [1.165, 1.54) is 18.9 Å². The van der Waals surface area contributed by atoms with E-state index in [1.54, 1.807) is 12.4 Å². The van der Waals surface area contributed by atoms with Crippen molar-refractivity contribution < 1.29 is 13.5 Å². The van der Waals surface area contributed by atoms with Crippen LogP contribution in [0.1, 0.15) is 48.3 Å². The van der Waals surface area contributed by atoms with Crippen LogP contribution in [-0.2, 0) is 17.7 Å². The van der Waals surface area contributed by atoms with Crippen molar-refractivity contribution in [1.82, 2.24) is 24.7 Å². The maximum Gasteiger partial charge on any atom is 0.165 e. The van der Waals surface area contributed by atoms with E-state index in [0.29, 0.717) is 36.7 Å². The van der Waals surface area contributed by atoms with Gasteiger partial charge in [-0.2, -0.15) is 5.10 Å². The average molecular weight is 467 g/mol. The summed E-state index contributed by atoms with van der Waals surface area (Å²) >= 11 is 0. The molecule has 3 aromatic rings. The van der Waals surface area contributed by atoms with E-state index in [2.05, 4.69) is 20.9 Å². The zero-order chi connectivity index (χ0) is 23.2. The van der Waals surface area contributed by atoms with Crippen LogP contribution in [0, 0.1) is 36.3 Å². The Morgan fingerprint density at radius 1 is 1.12 bits per heavy atom. The molecule has 9 heteroatoms. The Morgan fingerprint density at radius 3 is 2.74 bits per heavy atom. The highest BCUT2D eigenvalue weighted by molar-refractivity contribution is 5.40. The molecule has 6 rings (SSSR count). The molecule has 4 atom stereocenters. The summed E-state index contributed by atoms with van der Waals surface area (Å²) < 4.78 is 36.3. The highest BCUT2D eigenvalue weighted by Gasteiger charge is 2.43. The summed E-state index contributed by atoms with van der Waals surface area (Å²) in [7, 11) is 0. The average Bonchev–Trinajstić information content (AvgIpc) is 3.23. The number of piperidine rings is 1. The third-order valence-electron chi connectivity index (χ3n) is 7.60. The third kappa shape index (κ3) is 3.85. The number of anilines is 1. The third-order valence-corrected chi connectivity index (χ3v) is 7.60. The van der Waals surface area contributed by atoms with E-state index in [-0.39, 0.29) is 5.56 Å². The molecule has 1 saturated carbocycles. The van der Waals surface area contributed by atoms with E-state index >= 15 is 0 Å². The van der Waals surface area contributed by atoms with Crippen molar-refractivity contribution in [3.63, 3.8) is 0 Å². The Bertz CT molecular complexity index is 1190. The normalized spacial score (nSPS) is 26.4. The number of hydrogen-bond acceptors (Lipinski definition) is 6. The minimum atomic E-state index is -0.879. The first-order valence-corrected chi connectivity index (χ1v) is 12.1. The molecule has 34 heavy (non-hydrogen) atoms. The van der Waals surface area contributed by atoms with Crippen molar-refractivity contribution in [3.8, 4) is 0 Å². The molecule has 1 aliphatic carbocycles. The topological polar surface area (TPSA) is 69.0 Å². The molecule has 0 radical (unpaired) electrons. The van der Waals surface area contributed by atoms with Crippen LogP contribution >= 0.6 is 0 Å². The van der Waals surface area contributed by atoms with Gasteiger partial charge in [0.1, 0.15) is 18.2 Å². The molecule has 2 aliphatic heterocycles. The molecule has 0 spiro atoms. The molecule has 0 amide bonds. The van der Waals surface area contributed by atoms with Crippen LogP contribution < -0.4 is 4.90 Å². The second-order valence-electron chi connectivity index (χ2n) is 9.74. The second-order valence-corrected chi connectivity index (χ2v) is 9.74. The second kappa shape index (κ2) is 8.69. The van der Waals surface area contributed by atoms with Crippen molar-refractivity contribution in [3.05, 3.63) is 65.1 Å². The van der Waals surface area contributed by atoms with Crippen LogP contribution in [0.4, 0.5) is 14.6 Å². The molecule has 1 unspecified atom stereocenters. The van der Waals surface area contributed by atoms with Gasteiger partial charge in [0.25, 0.3) is 0 Å². The van der Waals surface area contributed by atoms with Gasteiger partial charge in [0, 0.05) is 50.0 Å². The van der Waals surface area contributed by atoms with Crippen molar-refractivity contribution in [2.45, 2.75) is 45.3 Å². The maximum atomic E-state index is 14.6. The van der Waals surface area contributed by atoms with E-state index in [4.69, 9.17) is 14.8 Å². The summed E-state index contributed by atoms with van der Waals surface area (Å²) in [6.45, 7) is 5.06. The zero-order valence-electron chi connectivity index (χ0n) is 19.2. The van der Waals surface area contributed by atoms with Gasteiger partial charge in [-0.15, -0.1) is 0 Å². The number of aromatic nitrogens is 5. The Hall–Kier alpha value is -2.94. The van der Waals surface area contributed by atoms with Crippen LogP contribution in [0.25, 0.3) is 0 Å². The highest BCUT2D eigenvalue weighted by atomic mass is 19.2. The Kier molecular flexibility index (Phi) is 5.51. The van der Waals surface area contributed by atoms with Crippen LogP contribution in [0.2, 0.25) is 0 Å². The van der Waals surface area contributed by atoms with Crippen LogP contribution in [-0.4, -0.2) is 44.4 Å². The van der Waals surface area contributed by atoms with Gasteiger partial charge >= 0.3 is 0 Å². The number of hydrogen-bond donors (Lipinski definition) is 0. The van der Waals surface area contributed by atoms with Crippen LogP contribution in [0.15, 0.2) is 30.6 Å². The molecule has 2 aromatic heterocycles. The standard InChI is InChI=1S/C25H28F2N6O/c1-15-10-22(29-14-28-15)32-12-16-6-7-17(13-32)19(16)11-21-30-25-24(34-9-3-8-33(25)31-21)18-4-2-5-20(26)23(18)27/h2,4-5,10,14,16-17,19,24H,3,6-9,11-13H2,1H3/t16-,17+,19?,24-/m0/s1. The molecule has 3 aliphatic rings. The highest BCUT2D eigenvalue weighted by Crippen LogP contribution is 2.44. The lowest BCUT2D eigenvalue weighted by atomic mass is 9.82. The summed E-state index contributed by atoms with van der Waals surface area (Å²) in [5.74, 6) is 2.22. The minimum absolute atomic E-state index is 0.177. The van der Waals surface area contributed by atoms with Crippen LogP contribution in [0.5, 0.6) is 0 Å². The maximum absolute atomic E-state index is 14.6. The molecule has 0 N–H and O–H groups in total. The Morgan fingerprint density at radius 2 is 1.94 bits per heavy atom. The predicted octanol–water partition coefficient (Wildman–Crippen LogP) is 3.87. The fourth-order valence-corrected chi connectivity index (χ4v) is 5.97. The van der Waals surface area contributed by atoms with Crippen LogP contribution in [0.3, 0.4) is 0 Å². The fraction of sp³-hybridized carbons (Fsp3) is 0.520. The lowest BCUT2D eigenvalue weighted by Gasteiger charge is -2.38.